The van der Waals surface area contributed by atoms with Gasteiger partial charge in [0.1, 0.15) is 5.82 Å². The highest BCUT2D eigenvalue weighted by atomic mass is 79.9. The van der Waals surface area contributed by atoms with Crippen LogP contribution in [0.3, 0.4) is 0 Å². The number of anilines is 2. The summed E-state index contributed by atoms with van der Waals surface area (Å²) in [5.74, 6) is 0.403. The van der Waals surface area contributed by atoms with Crippen molar-refractivity contribution < 1.29 is 4.39 Å². The maximum Gasteiger partial charge on any atom is 0.139 e. The van der Waals surface area contributed by atoms with Crippen LogP contribution >= 0.6 is 15.9 Å². The van der Waals surface area contributed by atoms with Crippen molar-refractivity contribution in [2.45, 2.75) is 45.1 Å². The topological polar surface area (TPSA) is 38.0 Å². The van der Waals surface area contributed by atoms with E-state index in [2.05, 4.69) is 28.2 Å². The molecule has 0 amide bonds. The van der Waals surface area contributed by atoms with Crippen LogP contribution in [0.1, 0.15) is 39.0 Å². The van der Waals surface area contributed by atoms with Crippen molar-refractivity contribution in [1.82, 2.24) is 0 Å². The Morgan fingerprint density at radius 1 is 1.39 bits per heavy atom. The van der Waals surface area contributed by atoms with Gasteiger partial charge in [-0.1, -0.05) is 26.2 Å². The summed E-state index contributed by atoms with van der Waals surface area (Å²) in [4.78, 5) is 0. The van der Waals surface area contributed by atoms with Gasteiger partial charge in [0.15, 0.2) is 0 Å². The summed E-state index contributed by atoms with van der Waals surface area (Å²) in [6.45, 7) is 2.22. The van der Waals surface area contributed by atoms with Gasteiger partial charge in [-0.15, -0.1) is 0 Å². The molecule has 4 heteroatoms. The van der Waals surface area contributed by atoms with Gasteiger partial charge in [0.25, 0.3) is 0 Å². The predicted octanol–water partition coefficient (Wildman–Crippen LogP) is 4.55. The van der Waals surface area contributed by atoms with Crippen LogP contribution in [-0.2, 0) is 0 Å². The molecule has 0 heterocycles. The number of halogens is 2. The van der Waals surface area contributed by atoms with Crippen LogP contribution in [0.15, 0.2) is 16.6 Å². The monoisotopic (exact) mass is 314 g/mol. The fraction of sp³-hybridized carbons (Fsp3) is 0.571. The summed E-state index contributed by atoms with van der Waals surface area (Å²) in [7, 11) is 0. The van der Waals surface area contributed by atoms with Gasteiger partial charge in [-0.25, -0.2) is 4.39 Å². The Balaban J connectivity index is 2.15. The van der Waals surface area contributed by atoms with E-state index in [9.17, 15) is 4.39 Å². The first-order chi connectivity index (χ1) is 8.61. The molecule has 0 aromatic heterocycles. The van der Waals surface area contributed by atoms with Gasteiger partial charge in [-0.2, -0.15) is 0 Å². The third-order valence-electron chi connectivity index (χ3n) is 3.87. The lowest BCUT2D eigenvalue weighted by Crippen LogP contribution is -2.32. The van der Waals surface area contributed by atoms with E-state index in [1.165, 1.54) is 25.3 Å². The predicted molar refractivity (Wildman–Crippen MR) is 78.2 cm³/mol. The molecule has 0 radical (unpaired) electrons. The van der Waals surface area contributed by atoms with Crippen LogP contribution in [-0.4, -0.2) is 6.04 Å². The average Bonchev–Trinajstić information content (AvgIpc) is 2.36. The van der Waals surface area contributed by atoms with Crippen LogP contribution in [0, 0.1) is 11.7 Å². The van der Waals surface area contributed by atoms with Crippen molar-refractivity contribution in [3.63, 3.8) is 0 Å². The van der Waals surface area contributed by atoms with E-state index in [-0.39, 0.29) is 5.82 Å². The van der Waals surface area contributed by atoms with Gasteiger partial charge in [-0.3, -0.25) is 0 Å². The molecule has 1 aliphatic carbocycles. The molecule has 2 nitrogen and oxygen atoms in total. The number of hydrogen-bond acceptors (Lipinski definition) is 2. The van der Waals surface area contributed by atoms with Crippen LogP contribution in [0.5, 0.6) is 0 Å². The molecular weight excluding hydrogens is 295 g/mol. The number of hydrogen-bond donors (Lipinski definition) is 2. The zero-order valence-electron chi connectivity index (χ0n) is 10.7. The molecule has 18 heavy (non-hydrogen) atoms. The lowest BCUT2D eigenvalue weighted by molar-refractivity contribution is 0.317. The molecule has 1 aromatic rings. The van der Waals surface area contributed by atoms with Gasteiger partial charge in [-0.05, 0) is 40.8 Å². The molecule has 1 aliphatic rings. The van der Waals surface area contributed by atoms with Gasteiger partial charge in [0.05, 0.1) is 15.8 Å². The second-order valence-electron chi connectivity index (χ2n) is 5.06. The number of nitrogen functional groups attached to an aromatic ring is 1. The number of benzene rings is 1. The van der Waals surface area contributed by atoms with Gasteiger partial charge < -0.3 is 11.1 Å². The van der Waals surface area contributed by atoms with Gasteiger partial charge >= 0.3 is 0 Å². The molecule has 2 unspecified atom stereocenters. The number of nitrogens with two attached hydrogens (primary N) is 1. The van der Waals surface area contributed by atoms with Crippen LogP contribution in [0.4, 0.5) is 15.8 Å². The Morgan fingerprint density at radius 2 is 2.11 bits per heavy atom. The zero-order valence-corrected chi connectivity index (χ0v) is 12.3. The zero-order chi connectivity index (χ0) is 13.1. The maximum absolute atomic E-state index is 13.6. The van der Waals surface area contributed by atoms with Crippen LogP contribution in [0.2, 0.25) is 0 Å². The van der Waals surface area contributed by atoms with E-state index < -0.39 is 0 Å². The molecule has 2 rings (SSSR count). The first-order valence-corrected chi connectivity index (χ1v) is 7.42. The lowest BCUT2D eigenvalue weighted by Gasteiger charge is -2.32. The highest BCUT2D eigenvalue weighted by Crippen LogP contribution is 2.32. The third-order valence-corrected chi connectivity index (χ3v) is 4.47. The number of nitrogens with one attached hydrogen (secondary N) is 1. The van der Waals surface area contributed by atoms with E-state index in [0.717, 1.165) is 18.5 Å². The fourth-order valence-corrected chi connectivity index (χ4v) is 3.13. The molecule has 1 saturated carbocycles. The molecule has 3 N–H and O–H groups in total. The highest BCUT2D eigenvalue weighted by Gasteiger charge is 2.24. The largest absolute Gasteiger partial charge is 0.397 e. The third kappa shape index (κ3) is 2.97. The minimum atomic E-state index is -0.268. The molecule has 1 fully saturated rings. The molecule has 0 aliphatic heterocycles. The van der Waals surface area contributed by atoms with Crippen molar-refractivity contribution in [2.75, 3.05) is 11.1 Å². The molecule has 100 valence electrons. The SMILES string of the molecule is CCC1CCCCC1Nc1cc(F)c(Br)cc1N. The van der Waals surface area contributed by atoms with Crippen molar-refractivity contribution in [3.05, 3.63) is 22.4 Å². The van der Waals surface area contributed by atoms with Crippen LogP contribution in [0.25, 0.3) is 0 Å². The maximum atomic E-state index is 13.6. The summed E-state index contributed by atoms with van der Waals surface area (Å²) in [5.41, 5.74) is 7.26. The van der Waals surface area contributed by atoms with E-state index in [1.807, 2.05) is 0 Å². The average molecular weight is 315 g/mol. The molecule has 1 aromatic carbocycles. The van der Waals surface area contributed by atoms with E-state index >= 15 is 0 Å². The molecule has 0 bridgehead atoms. The van der Waals surface area contributed by atoms with Crippen molar-refractivity contribution in [1.29, 1.82) is 0 Å². The summed E-state index contributed by atoms with van der Waals surface area (Å²) in [5, 5.41) is 3.43. The molecule has 2 atom stereocenters. The molecule has 0 saturated heterocycles. The normalized spacial score (nSPS) is 23.9. The number of rotatable bonds is 3. The van der Waals surface area contributed by atoms with Gasteiger partial charge in [0, 0.05) is 12.1 Å². The first kappa shape index (κ1) is 13.7. The molecular formula is C14H20BrFN2. The van der Waals surface area contributed by atoms with Crippen molar-refractivity contribution in [3.8, 4) is 0 Å². The van der Waals surface area contributed by atoms with E-state index in [4.69, 9.17) is 5.73 Å². The van der Waals surface area contributed by atoms with Crippen LogP contribution < -0.4 is 11.1 Å². The fourth-order valence-electron chi connectivity index (χ4n) is 2.77. The Morgan fingerprint density at radius 3 is 2.83 bits per heavy atom. The Kier molecular flexibility index (Phi) is 4.49. The quantitative estimate of drug-likeness (QED) is 0.803. The Hall–Kier alpha value is -0.770. The second-order valence-corrected chi connectivity index (χ2v) is 5.91. The van der Waals surface area contributed by atoms with E-state index in [0.29, 0.717) is 22.1 Å². The minimum absolute atomic E-state index is 0.268. The minimum Gasteiger partial charge on any atom is -0.397 e. The highest BCUT2D eigenvalue weighted by molar-refractivity contribution is 9.10. The summed E-state index contributed by atoms with van der Waals surface area (Å²) in [6.07, 6.45) is 6.12. The lowest BCUT2D eigenvalue weighted by atomic mass is 9.83. The second kappa shape index (κ2) is 5.91. The molecule has 0 spiro atoms. The smallest absolute Gasteiger partial charge is 0.139 e. The van der Waals surface area contributed by atoms with E-state index in [1.54, 1.807) is 6.07 Å². The summed E-state index contributed by atoms with van der Waals surface area (Å²) < 4.78 is 14.0. The summed E-state index contributed by atoms with van der Waals surface area (Å²) >= 11 is 3.15. The summed E-state index contributed by atoms with van der Waals surface area (Å²) in [6, 6.07) is 3.54. The standard InChI is InChI=1S/C14H20BrFN2/c1-2-9-5-3-4-6-13(9)18-14-8-11(16)10(15)7-12(14)17/h7-9,13,18H,2-6,17H2,1H3. The Labute approximate surface area is 116 Å². The van der Waals surface area contributed by atoms with Crippen molar-refractivity contribution >= 4 is 27.3 Å². The van der Waals surface area contributed by atoms with Crippen molar-refractivity contribution in [2.24, 2.45) is 5.92 Å². The Bertz CT molecular complexity index is 423. The van der Waals surface area contributed by atoms with Gasteiger partial charge in [0.2, 0.25) is 0 Å². The first-order valence-electron chi connectivity index (χ1n) is 6.63.